The zero-order valence-corrected chi connectivity index (χ0v) is 16.9. The Morgan fingerprint density at radius 1 is 0.966 bits per heavy atom. The van der Waals surface area contributed by atoms with Crippen LogP contribution < -0.4 is 4.90 Å². The fraction of sp³-hybridized carbons (Fsp3) is 0.200. The van der Waals surface area contributed by atoms with Crippen LogP contribution >= 0.6 is 0 Å². The van der Waals surface area contributed by atoms with Crippen molar-refractivity contribution < 1.29 is 4.79 Å². The highest BCUT2D eigenvalue weighted by molar-refractivity contribution is 6.06. The van der Waals surface area contributed by atoms with E-state index in [1.807, 2.05) is 83.1 Å². The number of anilines is 1. The van der Waals surface area contributed by atoms with Crippen LogP contribution in [0.3, 0.4) is 0 Å². The van der Waals surface area contributed by atoms with Gasteiger partial charge in [-0.25, -0.2) is 4.98 Å². The summed E-state index contributed by atoms with van der Waals surface area (Å²) in [5, 5.41) is 0. The van der Waals surface area contributed by atoms with Crippen LogP contribution in [0.1, 0.15) is 40.7 Å². The van der Waals surface area contributed by atoms with Crippen molar-refractivity contribution in [1.29, 1.82) is 0 Å². The SMILES string of the molecule is CCCc1nc2c(C)cccn2c1C(=O)N(Cc1ccccc1)c1ccccc1. The van der Waals surface area contributed by atoms with Crippen molar-refractivity contribution in [2.75, 3.05) is 4.90 Å². The van der Waals surface area contributed by atoms with E-state index in [4.69, 9.17) is 4.98 Å². The summed E-state index contributed by atoms with van der Waals surface area (Å²) in [4.78, 5) is 20.6. The number of para-hydroxylation sites is 1. The van der Waals surface area contributed by atoms with E-state index in [0.29, 0.717) is 12.2 Å². The number of imidazole rings is 1. The van der Waals surface area contributed by atoms with Crippen LogP contribution in [0.4, 0.5) is 5.69 Å². The summed E-state index contributed by atoms with van der Waals surface area (Å²) in [5.41, 5.74) is 5.41. The summed E-state index contributed by atoms with van der Waals surface area (Å²) in [6.07, 6.45) is 3.65. The molecule has 0 fully saturated rings. The van der Waals surface area contributed by atoms with Gasteiger partial charge in [0.05, 0.1) is 12.2 Å². The first-order chi connectivity index (χ1) is 14.2. The van der Waals surface area contributed by atoms with Crippen LogP contribution in [0, 0.1) is 6.92 Å². The molecule has 0 bridgehead atoms. The van der Waals surface area contributed by atoms with Crippen LogP contribution in [-0.4, -0.2) is 15.3 Å². The minimum Gasteiger partial charge on any atom is -0.303 e. The minimum atomic E-state index is -0.0263. The number of fused-ring (bicyclic) bond motifs is 1. The molecule has 0 saturated heterocycles. The predicted octanol–water partition coefficient (Wildman–Crippen LogP) is 5.44. The van der Waals surface area contributed by atoms with Gasteiger partial charge in [0, 0.05) is 11.9 Å². The second-order valence-corrected chi connectivity index (χ2v) is 7.25. The molecule has 0 aliphatic carbocycles. The van der Waals surface area contributed by atoms with Gasteiger partial charge in [0.2, 0.25) is 0 Å². The highest BCUT2D eigenvalue weighted by atomic mass is 16.2. The first-order valence-electron chi connectivity index (χ1n) is 10.1. The smallest absolute Gasteiger partial charge is 0.277 e. The lowest BCUT2D eigenvalue weighted by Gasteiger charge is -2.23. The number of rotatable bonds is 6. The maximum Gasteiger partial charge on any atom is 0.277 e. The Hall–Kier alpha value is -3.40. The van der Waals surface area contributed by atoms with E-state index < -0.39 is 0 Å². The van der Waals surface area contributed by atoms with Gasteiger partial charge in [-0.3, -0.25) is 9.20 Å². The summed E-state index contributed by atoms with van der Waals surface area (Å²) in [7, 11) is 0. The molecule has 1 amide bonds. The van der Waals surface area contributed by atoms with Crippen molar-refractivity contribution in [3.63, 3.8) is 0 Å². The monoisotopic (exact) mass is 383 g/mol. The van der Waals surface area contributed by atoms with E-state index in [9.17, 15) is 4.79 Å². The average molecular weight is 383 g/mol. The molecule has 4 rings (SSSR count). The van der Waals surface area contributed by atoms with Crippen LogP contribution in [-0.2, 0) is 13.0 Å². The number of aromatic nitrogens is 2. The fourth-order valence-corrected chi connectivity index (χ4v) is 3.67. The Labute approximate surface area is 171 Å². The number of benzene rings is 2. The van der Waals surface area contributed by atoms with Crippen molar-refractivity contribution >= 4 is 17.2 Å². The fourth-order valence-electron chi connectivity index (χ4n) is 3.67. The number of hydrogen-bond acceptors (Lipinski definition) is 2. The highest BCUT2D eigenvalue weighted by Crippen LogP contribution is 2.24. The molecule has 4 nitrogen and oxygen atoms in total. The summed E-state index contributed by atoms with van der Waals surface area (Å²) in [6.45, 7) is 4.66. The number of carbonyl (C=O) groups is 1. The molecule has 0 aliphatic rings. The van der Waals surface area contributed by atoms with E-state index >= 15 is 0 Å². The van der Waals surface area contributed by atoms with Crippen molar-refractivity contribution in [3.05, 3.63) is 102 Å². The molecule has 2 aromatic heterocycles. The summed E-state index contributed by atoms with van der Waals surface area (Å²) in [5.74, 6) is -0.0263. The maximum absolute atomic E-state index is 13.9. The molecular formula is C25H25N3O. The molecule has 4 heteroatoms. The summed E-state index contributed by atoms with van der Waals surface area (Å²) >= 11 is 0. The summed E-state index contributed by atoms with van der Waals surface area (Å²) < 4.78 is 1.95. The average Bonchev–Trinajstić information content (AvgIpc) is 3.13. The number of carbonyl (C=O) groups excluding carboxylic acids is 1. The zero-order valence-electron chi connectivity index (χ0n) is 16.9. The molecule has 4 aromatic rings. The largest absolute Gasteiger partial charge is 0.303 e. The van der Waals surface area contributed by atoms with Crippen molar-refractivity contribution in [2.45, 2.75) is 33.2 Å². The van der Waals surface area contributed by atoms with E-state index in [1.165, 1.54) is 0 Å². The third-order valence-corrected chi connectivity index (χ3v) is 5.10. The van der Waals surface area contributed by atoms with Crippen molar-refractivity contribution in [1.82, 2.24) is 9.38 Å². The number of hydrogen-bond donors (Lipinski definition) is 0. The zero-order chi connectivity index (χ0) is 20.2. The second-order valence-electron chi connectivity index (χ2n) is 7.25. The van der Waals surface area contributed by atoms with E-state index in [2.05, 4.69) is 19.1 Å². The van der Waals surface area contributed by atoms with Crippen LogP contribution in [0.25, 0.3) is 5.65 Å². The van der Waals surface area contributed by atoms with Gasteiger partial charge in [0.25, 0.3) is 5.91 Å². The minimum absolute atomic E-state index is 0.0263. The first kappa shape index (κ1) is 18.9. The van der Waals surface area contributed by atoms with Crippen LogP contribution in [0.5, 0.6) is 0 Å². The topological polar surface area (TPSA) is 37.6 Å². The van der Waals surface area contributed by atoms with Gasteiger partial charge in [-0.15, -0.1) is 0 Å². The number of amides is 1. The van der Waals surface area contributed by atoms with Gasteiger partial charge in [-0.2, -0.15) is 0 Å². The highest BCUT2D eigenvalue weighted by Gasteiger charge is 2.25. The molecule has 2 aromatic carbocycles. The lowest BCUT2D eigenvalue weighted by molar-refractivity contribution is 0.0978. The molecule has 146 valence electrons. The molecule has 2 heterocycles. The predicted molar refractivity (Wildman–Crippen MR) is 117 cm³/mol. The van der Waals surface area contributed by atoms with Gasteiger partial charge in [-0.1, -0.05) is 67.9 Å². The van der Waals surface area contributed by atoms with Gasteiger partial charge >= 0.3 is 0 Å². The Morgan fingerprint density at radius 3 is 2.34 bits per heavy atom. The molecule has 0 unspecified atom stereocenters. The van der Waals surface area contributed by atoms with Gasteiger partial charge in [-0.05, 0) is 42.7 Å². The third kappa shape index (κ3) is 3.79. The summed E-state index contributed by atoms with van der Waals surface area (Å²) in [6, 6.07) is 24.0. The Balaban J connectivity index is 1.84. The lowest BCUT2D eigenvalue weighted by atomic mass is 10.1. The molecule has 0 spiro atoms. The maximum atomic E-state index is 13.9. The number of nitrogens with zero attached hydrogens (tertiary/aromatic N) is 3. The molecule has 0 saturated carbocycles. The Bertz CT molecular complexity index is 1120. The van der Waals surface area contributed by atoms with Gasteiger partial charge in [0.15, 0.2) is 0 Å². The third-order valence-electron chi connectivity index (χ3n) is 5.10. The second kappa shape index (κ2) is 8.31. The van der Waals surface area contributed by atoms with Crippen LogP contribution in [0.2, 0.25) is 0 Å². The van der Waals surface area contributed by atoms with Gasteiger partial charge in [0.1, 0.15) is 11.3 Å². The van der Waals surface area contributed by atoms with Crippen molar-refractivity contribution in [2.24, 2.45) is 0 Å². The van der Waals surface area contributed by atoms with Gasteiger partial charge < -0.3 is 4.90 Å². The quantitative estimate of drug-likeness (QED) is 0.444. The Kier molecular flexibility index (Phi) is 5.43. The molecule has 0 atom stereocenters. The number of aryl methyl sites for hydroxylation is 2. The first-order valence-corrected chi connectivity index (χ1v) is 10.1. The van der Waals surface area contributed by atoms with Crippen molar-refractivity contribution in [3.8, 4) is 0 Å². The standard InChI is InChI=1S/C25H25N3O/c1-3-11-22-23(27-17-10-12-19(2)24(27)26-22)25(29)28(21-15-8-5-9-16-21)18-20-13-6-4-7-14-20/h4-10,12-17H,3,11,18H2,1-2H3. The molecule has 0 radical (unpaired) electrons. The lowest BCUT2D eigenvalue weighted by Crippen LogP contribution is -2.32. The normalized spacial score (nSPS) is 11.0. The molecule has 0 aliphatic heterocycles. The van der Waals surface area contributed by atoms with Crippen LogP contribution in [0.15, 0.2) is 79.0 Å². The number of pyridine rings is 1. The molecular weight excluding hydrogens is 358 g/mol. The van der Waals surface area contributed by atoms with E-state index in [-0.39, 0.29) is 5.91 Å². The van der Waals surface area contributed by atoms with E-state index in [0.717, 1.165) is 41.0 Å². The van der Waals surface area contributed by atoms with E-state index in [1.54, 1.807) is 0 Å². The molecule has 0 N–H and O–H groups in total. The molecule has 29 heavy (non-hydrogen) atoms. The Morgan fingerprint density at radius 2 is 1.66 bits per heavy atom.